The Morgan fingerprint density at radius 1 is 1.10 bits per heavy atom. The van der Waals surface area contributed by atoms with E-state index in [1.807, 2.05) is 35.9 Å². The number of likely N-dealkylation sites (tertiary alicyclic amines) is 1. The van der Waals surface area contributed by atoms with Crippen LogP contribution in [0.2, 0.25) is 0 Å². The number of aromatic nitrogens is 3. The summed E-state index contributed by atoms with van der Waals surface area (Å²) in [4.78, 5) is 24.3. The average molecular weight is 527 g/mol. The monoisotopic (exact) mass is 526 g/mol. The SMILES string of the molecule is CCN1CCCC1CNC(=O)c1cc(Oc2ccc3c(c2)nc(Nc2cccc(C(C)(C)C)c2)n3C)ccn1. The van der Waals surface area contributed by atoms with Crippen LogP contribution in [-0.4, -0.2) is 51.0 Å². The van der Waals surface area contributed by atoms with Crippen LogP contribution in [0.5, 0.6) is 11.5 Å². The largest absolute Gasteiger partial charge is 0.457 e. The van der Waals surface area contributed by atoms with Crippen LogP contribution in [0.4, 0.5) is 11.6 Å². The molecule has 3 heterocycles. The van der Waals surface area contributed by atoms with Gasteiger partial charge in [0.05, 0.1) is 11.0 Å². The van der Waals surface area contributed by atoms with Crippen molar-refractivity contribution in [2.45, 2.75) is 52.0 Å². The summed E-state index contributed by atoms with van der Waals surface area (Å²) >= 11 is 0. The second-order valence-corrected chi connectivity index (χ2v) is 11.2. The van der Waals surface area contributed by atoms with Crippen molar-refractivity contribution >= 4 is 28.6 Å². The number of nitrogens with one attached hydrogen (secondary N) is 2. The molecule has 0 saturated carbocycles. The van der Waals surface area contributed by atoms with Gasteiger partial charge in [-0.1, -0.05) is 39.8 Å². The molecule has 1 aliphatic heterocycles. The predicted octanol–water partition coefficient (Wildman–Crippen LogP) is 6.02. The molecule has 1 atom stereocenters. The molecule has 0 aliphatic carbocycles. The van der Waals surface area contributed by atoms with E-state index >= 15 is 0 Å². The minimum Gasteiger partial charge on any atom is -0.457 e. The summed E-state index contributed by atoms with van der Waals surface area (Å²) in [5, 5.41) is 6.50. The quantitative estimate of drug-likeness (QED) is 0.292. The Balaban J connectivity index is 1.28. The number of aryl methyl sites for hydroxylation is 1. The number of benzene rings is 2. The van der Waals surface area contributed by atoms with Gasteiger partial charge in [-0.05, 0) is 67.2 Å². The highest BCUT2D eigenvalue weighted by atomic mass is 16.5. The molecule has 0 bridgehead atoms. The maximum Gasteiger partial charge on any atom is 0.270 e. The van der Waals surface area contributed by atoms with Crippen molar-refractivity contribution in [2.75, 3.05) is 25.0 Å². The summed E-state index contributed by atoms with van der Waals surface area (Å²) in [6.45, 7) is 11.5. The summed E-state index contributed by atoms with van der Waals surface area (Å²) in [5.41, 5.74) is 4.46. The molecule has 0 spiro atoms. The lowest BCUT2D eigenvalue weighted by Crippen LogP contribution is -2.40. The molecule has 1 amide bonds. The standard InChI is InChI=1S/C31H38N6O2/c1-6-37-16-8-11-23(37)20-33-29(38)27-19-25(14-15-32-27)39-24-12-13-28-26(18-24)35-30(36(28)5)34-22-10-7-9-21(17-22)31(2,3)4/h7,9-10,12-15,17-19,23H,6,8,11,16,20H2,1-5H3,(H,33,38)(H,34,35). The molecule has 2 N–H and O–H groups in total. The molecule has 204 valence electrons. The molecule has 0 radical (unpaired) electrons. The first-order chi connectivity index (χ1) is 18.7. The van der Waals surface area contributed by atoms with Gasteiger partial charge in [0.2, 0.25) is 5.95 Å². The van der Waals surface area contributed by atoms with E-state index in [1.54, 1.807) is 18.3 Å². The lowest BCUT2D eigenvalue weighted by atomic mass is 9.87. The highest BCUT2D eigenvalue weighted by molar-refractivity contribution is 5.92. The highest BCUT2D eigenvalue weighted by Gasteiger charge is 2.23. The van der Waals surface area contributed by atoms with Gasteiger partial charge in [-0.3, -0.25) is 14.7 Å². The molecule has 1 unspecified atom stereocenters. The number of hydrogen-bond donors (Lipinski definition) is 2. The molecular weight excluding hydrogens is 488 g/mol. The molecule has 8 nitrogen and oxygen atoms in total. The number of carbonyl (C=O) groups is 1. The number of nitrogens with zero attached hydrogens (tertiary/aromatic N) is 4. The third kappa shape index (κ3) is 6.06. The maximum absolute atomic E-state index is 12.8. The third-order valence-electron chi connectivity index (χ3n) is 7.44. The van der Waals surface area contributed by atoms with E-state index < -0.39 is 0 Å². The van der Waals surface area contributed by atoms with Crippen molar-refractivity contribution in [3.63, 3.8) is 0 Å². The number of pyridine rings is 1. The third-order valence-corrected chi connectivity index (χ3v) is 7.44. The zero-order valence-corrected chi connectivity index (χ0v) is 23.5. The van der Waals surface area contributed by atoms with Crippen LogP contribution in [0.15, 0.2) is 60.8 Å². The number of likely N-dealkylation sites (N-methyl/N-ethyl adjacent to an activating group) is 1. The molecule has 2 aromatic heterocycles. The van der Waals surface area contributed by atoms with Crippen molar-refractivity contribution in [3.05, 3.63) is 72.1 Å². The Hall–Kier alpha value is -3.91. The van der Waals surface area contributed by atoms with E-state index in [2.05, 4.69) is 66.4 Å². The van der Waals surface area contributed by atoms with Gasteiger partial charge in [0.1, 0.15) is 17.2 Å². The predicted molar refractivity (Wildman–Crippen MR) is 156 cm³/mol. The normalized spacial score (nSPS) is 16.0. The first kappa shape index (κ1) is 26.7. The van der Waals surface area contributed by atoms with E-state index in [-0.39, 0.29) is 11.3 Å². The number of hydrogen-bond acceptors (Lipinski definition) is 6. The highest BCUT2D eigenvalue weighted by Crippen LogP contribution is 2.30. The Bertz CT molecular complexity index is 1470. The van der Waals surface area contributed by atoms with Gasteiger partial charge < -0.3 is 19.9 Å². The summed E-state index contributed by atoms with van der Waals surface area (Å²) < 4.78 is 8.14. The molecule has 2 aromatic carbocycles. The number of fused-ring (bicyclic) bond motifs is 1. The van der Waals surface area contributed by atoms with E-state index in [0.29, 0.717) is 29.8 Å². The molecule has 4 aromatic rings. The zero-order valence-electron chi connectivity index (χ0n) is 23.5. The second kappa shape index (κ2) is 11.1. The van der Waals surface area contributed by atoms with Gasteiger partial charge in [0.15, 0.2) is 0 Å². The smallest absolute Gasteiger partial charge is 0.270 e. The molecule has 8 heteroatoms. The van der Waals surface area contributed by atoms with Gasteiger partial charge in [-0.25, -0.2) is 4.98 Å². The van der Waals surface area contributed by atoms with Crippen LogP contribution in [-0.2, 0) is 12.5 Å². The number of imidazole rings is 1. The van der Waals surface area contributed by atoms with Crippen molar-refractivity contribution in [1.82, 2.24) is 24.8 Å². The number of rotatable bonds is 8. The van der Waals surface area contributed by atoms with Crippen LogP contribution >= 0.6 is 0 Å². The number of carbonyl (C=O) groups excluding carboxylic acids is 1. The van der Waals surface area contributed by atoms with Gasteiger partial charge in [-0.2, -0.15) is 0 Å². The Morgan fingerprint density at radius 3 is 2.72 bits per heavy atom. The first-order valence-corrected chi connectivity index (χ1v) is 13.7. The van der Waals surface area contributed by atoms with Crippen molar-refractivity contribution in [2.24, 2.45) is 7.05 Å². The van der Waals surface area contributed by atoms with Crippen LogP contribution in [0.1, 0.15) is 56.6 Å². The Labute approximate surface area is 230 Å². The summed E-state index contributed by atoms with van der Waals surface area (Å²) in [6.07, 6.45) is 3.89. The summed E-state index contributed by atoms with van der Waals surface area (Å²) in [5.74, 6) is 1.76. The van der Waals surface area contributed by atoms with E-state index in [1.165, 1.54) is 12.0 Å². The molecule has 5 rings (SSSR count). The van der Waals surface area contributed by atoms with Crippen LogP contribution in [0.25, 0.3) is 11.0 Å². The van der Waals surface area contributed by atoms with Gasteiger partial charge in [0.25, 0.3) is 5.91 Å². The molecular formula is C31H38N6O2. The van der Waals surface area contributed by atoms with E-state index in [0.717, 1.165) is 42.2 Å². The van der Waals surface area contributed by atoms with Gasteiger partial charge in [-0.15, -0.1) is 0 Å². The first-order valence-electron chi connectivity index (χ1n) is 13.7. The van der Waals surface area contributed by atoms with E-state index in [9.17, 15) is 4.79 Å². The van der Waals surface area contributed by atoms with Crippen molar-refractivity contribution < 1.29 is 9.53 Å². The second-order valence-electron chi connectivity index (χ2n) is 11.2. The minimum atomic E-state index is -0.185. The zero-order chi connectivity index (χ0) is 27.6. The Morgan fingerprint density at radius 2 is 1.92 bits per heavy atom. The summed E-state index contributed by atoms with van der Waals surface area (Å²) in [7, 11) is 1.99. The number of ether oxygens (including phenoxy) is 1. The number of amides is 1. The fraction of sp³-hybridized carbons (Fsp3) is 0.387. The summed E-state index contributed by atoms with van der Waals surface area (Å²) in [6, 6.07) is 18.1. The molecule has 39 heavy (non-hydrogen) atoms. The van der Waals surface area contributed by atoms with Crippen LogP contribution in [0.3, 0.4) is 0 Å². The van der Waals surface area contributed by atoms with Gasteiger partial charge in [0, 0.05) is 43.7 Å². The Kier molecular flexibility index (Phi) is 7.57. The van der Waals surface area contributed by atoms with E-state index in [4.69, 9.17) is 9.72 Å². The fourth-order valence-electron chi connectivity index (χ4n) is 5.13. The van der Waals surface area contributed by atoms with Crippen LogP contribution in [0, 0.1) is 0 Å². The minimum absolute atomic E-state index is 0.0655. The number of anilines is 2. The molecule has 1 aliphatic rings. The van der Waals surface area contributed by atoms with Crippen molar-refractivity contribution in [1.29, 1.82) is 0 Å². The van der Waals surface area contributed by atoms with Crippen molar-refractivity contribution in [3.8, 4) is 11.5 Å². The van der Waals surface area contributed by atoms with Crippen LogP contribution < -0.4 is 15.4 Å². The van der Waals surface area contributed by atoms with Gasteiger partial charge >= 0.3 is 0 Å². The maximum atomic E-state index is 12.8. The fourth-order valence-corrected chi connectivity index (χ4v) is 5.13. The lowest BCUT2D eigenvalue weighted by Gasteiger charge is -2.22. The molecule has 1 saturated heterocycles. The average Bonchev–Trinajstić information content (AvgIpc) is 3.50. The molecule has 1 fully saturated rings. The topological polar surface area (TPSA) is 84.3 Å². The lowest BCUT2D eigenvalue weighted by molar-refractivity contribution is 0.0936.